The Balaban J connectivity index is 2.29. The molecule has 1 aromatic rings. The monoisotopic (exact) mass is 243 g/mol. The van der Waals surface area contributed by atoms with Gasteiger partial charge in [0, 0.05) is 13.0 Å². The highest BCUT2D eigenvalue weighted by atomic mass is 19.2. The van der Waals surface area contributed by atoms with Crippen LogP contribution < -0.4 is 11.1 Å². The molecule has 0 fully saturated rings. The summed E-state index contributed by atoms with van der Waals surface area (Å²) >= 11 is 0. The van der Waals surface area contributed by atoms with Gasteiger partial charge < -0.3 is 16.3 Å². The first-order chi connectivity index (χ1) is 8.15. The van der Waals surface area contributed by atoms with E-state index in [0.717, 1.165) is 6.07 Å². The number of hydrogen-bond acceptors (Lipinski definition) is 3. The number of benzene rings is 1. The van der Waals surface area contributed by atoms with E-state index >= 15 is 0 Å². The van der Waals surface area contributed by atoms with E-state index in [0.29, 0.717) is 25.8 Å². The lowest BCUT2D eigenvalue weighted by molar-refractivity contribution is 0.316. The third-order valence-electron chi connectivity index (χ3n) is 2.26. The number of unbranched alkanes of at least 4 members (excludes halogenated alkanes) is 1. The summed E-state index contributed by atoms with van der Waals surface area (Å²) in [4.78, 5) is 0. The second-order valence-corrected chi connectivity index (χ2v) is 3.58. The number of nitrogens with one attached hydrogen (secondary N) is 1. The van der Waals surface area contributed by atoms with E-state index in [1.165, 1.54) is 12.1 Å². The summed E-state index contributed by atoms with van der Waals surface area (Å²) in [7, 11) is 0. The maximum atomic E-state index is 13.2. The molecule has 94 valence electrons. The predicted molar refractivity (Wildman–Crippen MR) is 62.1 cm³/mol. The van der Waals surface area contributed by atoms with Gasteiger partial charge in [-0.2, -0.15) is 0 Å². The Labute approximate surface area is 98.1 Å². The van der Waals surface area contributed by atoms with Crippen LogP contribution in [0.3, 0.4) is 0 Å². The molecule has 0 aromatic heterocycles. The van der Waals surface area contributed by atoms with E-state index in [4.69, 9.17) is 10.9 Å². The Kier molecular flexibility index (Phi) is 5.19. The summed E-state index contributed by atoms with van der Waals surface area (Å²) in [5.74, 6) is -1.57. The van der Waals surface area contributed by atoms with E-state index in [-0.39, 0.29) is 11.5 Å². The van der Waals surface area contributed by atoms with Crippen molar-refractivity contribution in [1.82, 2.24) is 0 Å². The molecule has 0 bridgehead atoms. The zero-order valence-corrected chi connectivity index (χ0v) is 9.29. The van der Waals surface area contributed by atoms with Crippen LogP contribution in [0.1, 0.15) is 19.3 Å². The van der Waals surface area contributed by atoms with E-state index in [1.807, 2.05) is 0 Å². The Morgan fingerprint density at radius 3 is 2.82 bits per heavy atom. The summed E-state index contributed by atoms with van der Waals surface area (Å²) in [5, 5.41) is 13.9. The standard InChI is InChI=1S/C11H15F2N3O/c12-8-4-3-5-9(11(8)13)15-7-2-1-6-10(14)16-17/h3-5,15,17H,1-2,6-7H2,(H2,14,16). The van der Waals surface area contributed by atoms with Gasteiger partial charge in [-0.1, -0.05) is 11.2 Å². The molecule has 6 heteroatoms. The fourth-order valence-electron chi connectivity index (χ4n) is 1.34. The molecule has 0 unspecified atom stereocenters. The first-order valence-electron chi connectivity index (χ1n) is 5.29. The van der Waals surface area contributed by atoms with Gasteiger partial charge in [0.1, 0.15) is 5.84 Å². The van der Waals surface area contributed by atoms with Crippen molar-refractivity contribution in [2.24, 2.45) is 10.9 Å². The number of nitrogens with two attached hydrogens (primary N) is 1. The van der Waals surface area contributed by atoms with E-state index < -0.39 is 11.6 Å². The second-order valence-electron chi connectivity index (χ2n) is 3.58. The van der Waals surface area contributed by atoms with Crippen molar-refractivity contribution in [1.29, 1.82) is 0 Å². The number of rotatable bonds is 6. The molecule has 4 nitrogen and oxygen atoms in total. The number of nitrogens with zero attached hydrogens (tertiary/aromatic N) is 1. The highest BCUT2D eigenvalue weighted by Crippen LogP contribution is 2.16. The Bertz CT molecular complexity index is 396. The lowest BCUT2D eigenvalue weighted by Gasteiger charge is -2.07. The molecule has 0 aliphatic heterocycles. The lowest BCUT2D eigenvalue weighted by atomic mass is 10.2. The average molecular weight is 243 g/mol. The van der Waals surface area contributed by atoms with Gasteiger partial charge in [0.25, 0.3) is 0 Å². The van der Waals surface area contributed by atoms with E-state index in [9.17, 15) is 8.78 Å². The molecule has 0 radical (unpaired) electrons. The minimum absolute atomic E-state index is 0.147. The van der Waals surface area contributed by atoms with Gasteiger partial charge in [0.05, 0.1) is 5.69 Å². The van der Waals surface area contributed by atoms with Crippen LogP contribution in [-0.4, -0.2) is 17.6 Å². The van der Waals surface area contributed by atoms with Crippen LogP contribution >= 0.6 is 0 Å². The van der Waals surface area contributed by atoms with Crippen molar-refractivity contribution in [3.63, 3.8) is 0 Å². The topological polar surface area (TPSA) is 70.6 Å². The normalized spacial score (nSPS) is 11.5. The first-order valence-corrected chi connectivity index (χ1v) is 5.29. The van der Waals surface area contributed by atoms with Crippen LogP contribution in [0, 0.1) is 11.6 Å². The van der Waals surface area contributed by atoms with Crippen molar-refractivity contribution < 1.29 is 14.0 Å². The maximum Gasteiger partial charge on any atom is 0.181 e. The van der Waals surface area contributed by atoms with Crippen LogP contribution in [0.4, 0.5) is 14.5 Å². The van der Waals surface area contributed by atoms with Gasteiger partial charge in [-0.05, 0) is 25.0 Å². The number of halogens is 2. The van der Waals surface area contributed by atoms with Crippen molar-refractivity contribution in [2.45, 2.75) is 19.3 Å². The third kappa shape index (κ3) is 4.26. The molecule has 4 N–H and O–H groups in total. The zero-order valence-electron chi connectivity index (χ0n) is 9.29. The highest BCUT2D eigenvalue weighted by Gasteiger charge is 2.06. The van der Waals surface area contributed by atoms with Crippen molar-refractivity contribution >= 4 is 11.5 Å². The van der Waals surface area contributed by atoms with Crippen LogP contribution in [0.25, 0.3) is 0 Å². The van der Waals surface area contributed by atoms with Crippen LogP contribution in [0.5, 0.6) is 0 Å². The Morgan fingerprint density at radius 2 is 2.12 bits per heavy atom. The van der Waals surface area contributed by atoms with Gasteiger partial charge in [-0.3, -0.25) is 0 Å². The molecule has 0 spiro atoms. The smallest absolute Gasteiger partial charge is 0.181 e. The lowest BCUT2D eigenvalue weighted by Crippen LogP contribution is -2.12. The van der Waals surface area contributed by atoms with Gasteiger partial charge >= 0.3 is 0 Å². The average Bonchev–Trinajstić information content (AvgIpc) is 2.33. The minimum Gasteiger partial charge on any atom is -0.409 e. The molecule has 17 heavy (non-hydrogen) atoms. The molecule has 0 aliphatic carbocycles. The SMILES string of the molecule is NC(CCCCNc1cccc(F)c1F)=NO. The summed E-state index contributed by atoms with van der Waals surface area (Å²) in [6.07, 6.45) is 1.90. The fourth-order valence-corrected chi connectivity index (χ4v) is 1.34. The minimum atomic E-state index is -0.871. The number of hydrogen-bond donors (Lipinski definition) is 3. The second kappa shape index (κ2) is 6.67. The fraction of sp³-hybridized carbons (Fsp3) is 0.364. The summed E-state index contributed by atoms with van der Waals surface area (Å²) in [6, 6.07) is 3.98. The van der Waals surface area contributed by atoms with Gasteiger partial charge in [0.15, 0.2) is 11.6 Å². The molecule has 0 amide bonds. The Hall–Kier alpha value is -1.85. The number of anilines is 1. The molecule has 0 heterocycles. The van der Waals surface area contributed by atoms with Crippen LogP contribution in [0.2, 0.25) is 0 Å². The van der Waals surface area contributed by atoms with Crippen molar-refractivity contribution in [3.8, 4) is 0 Å². The molecule has 1 rings (SSSR count). The van der Waals surface area contributed by atoms with Gasteiger partial charge in [-0.15, -0.1) is 0 Å². The molecular formula is C11H15F2N3O. The molecule has 0 aliphatic rings. The summed E-state index contributed by atoms with van der Waals surface area (Å²) in [6.45, 7) is 0.499. The molecular weight excluding hydrogens is 228 g/mol. The largest absolute Gasteiger partial charge is 0.409 e. The first kappa shape index (κ1) is 13.2. The molecule has 0 atom stereocenters. The van der Waals surface area contributed by atoms with E-state index in [2.05, 4.69) is 10.5 Å². The zero-order chi connectivity index (χ0) is 12.7. The summed E-state index contributed by atoms with van der Waals surface area (Å²) < 4.78 is 26.0. The van der Waals surface area contributed by atoms with Crippen LogP contribution in [0.15, 0.2) is 23.4 Å². The van der Waals surface area contributed by atoms with Crippen molar-refractivity contribution in [3.05, 3.63) is 29.8 Å². The Morgan fingerprint density at radius 1 is 1.35 bits per heavy atom. The number of oxime groups is 1. The third-order valence-corrected chi connectivity index (χ3v) is 2.26. The predicted octanol–water partition coefficient (Wildman–Crippen LogP) is 2.29. The summed E-state index contributed by atoms with van der Waals surface area (Å²) in [5.41, 5.74) is 5.43. The molecule has 0 saturated heterocycles. The van der Waals surface area contributed by atoms with E-state index in [1.54, 1.807) is 0 Å². The molecule has 0 saturated carbocycles. The van der Waals surface area contributed by atoms with Gasteiger partial charge in [-0.25, -0.2) is 8.78 Å². The van der Waals surface area contributed by atoms with Crippen molar-refractivity contribution in [2.75, 3.05) is 11.9 Å². The molecule has 1 aromatic carbocycles. The number of amidine groups is 1. The maximum absolute atomic E-state index is 13.2. The van der Waals surface area contributed by atoms with Gasteiger partial charge in [0.2, 0.25) is 0 Å². The quantitative estimate of drug-likeness (QED) is 0.236. The van der Waals surface area contributed by atoms with Crippen LogP contribution in [-0.2, 0) is 0 Å². The highest BCUT2D eigenvalue weighted by molar-refractivity contribution is 5.79.